The van der Waals surface area contributed by atoms with Crippen molar-refractivity contribution < 1.29 is 27.5 Å². The molecule has 0 fully saturated rings. The van der Waals surface area contributed by atoms with E-state index in [0.29, 0.717) is 6.07 Å². The van der Waals surface area contributed by atoms with Crippen molar-refractivity contribution in [2.45, 2.75) is 11.8 Å². The number of nitrogens with one attached hydrogen (secondary N) is 1. The lowest BCUT2D eigenvalue weighted by Gasteiger charge is -2.11. The van der Waals surface area contributed by atoms with Gasteiger partial charge in [0.1, 0.15) is 10.7 Å². The quantitative estimate of drug-likeness (QED) is 0.817. The molecule has 0 saturated heterocycles. The van der Waals surface area contributed by atoms with E-state index in [1.807, 2.05) is 0 Å². The SMILES string of the molecule is CC(=O)c1ccccc1NS(=O)(=O)c1ccc(C(=O)O)cc1F. The fourth-order valence-corrected chi connectivity index (χ4v) is 3.07. The maximum atomic E-state index is 13.9. The van der Waals surface area contributed by atoms with Gasteiger partial charge in [-0.15, -0.1) is 0 Å². The molecule has 0 amide bonds. The molecule has 2 aromatic rings. The van der Waals surface area contributed by atoms with Gasteiger partial charge in [-0.2, -0.15) is 0 Å². The van der Waals surface area contributed by atoms with E-state index in [2.05, 4.69) is 4.72 Å². The molecular weight excluding hydrogens is 325 g/mol. The molecule has 0 saturated carbocycles. The number of sulfonamides is 1. The summed E-state index contributed by atoms with van der Waals surface area (Å²) in [5.74, 6) is -2.93. The van der Waals surface area contributed by atoms with E-state index in [1.54, 1.807) is 6.07 Å². The Morgan fingerprint density at radius 3 is 2.35 bits per heavy atom. The number of aromatic carboxylic acids is 1. The highest BCUT2D eigenvalue weighted by Crippen LogP contribution is 2.22. The molecule has 120 valence electrons. The molecular formula is C15H12FNO5S. The third-order valence-corrected chi connectivity index (χ3v) is 4.42. The van der Waals surface area contributed by atoms with Crippen LogP contribution < -0.4 is 4.72 Å². The van der Waals surface area contributed by atoms with Crippen molar-refractivity contribution in [1.82, 2.24) is 0 Å². The minimum atomic E-state index is -4.31. The molecule has 8 heteroatoms. The molecule has 0 aliphatic heterocycles. The monoisotopic (exact) mass is 337 g/mol. The van der Waals surface area contributed by atoms with Gasteiger partial charge in [0.2, 0.25) is 0 Å². The minimum Gasteiger partial charge on any atom is -0.478 e. The van der Waals surface area contributed by atoms with Crippen LogP contribution in [0.3, 0.4) is 0 Å². The molecule has 2 aromatic carbocycles. The average Bonchev–Trinajstić information content (AvgIpc) is 2.46. The maximum Gasteiger partial charge on any atom is 0.335 e. The van der Waals surface area contributed by atoms with E-state index in [9.17, 15) is 22.4 Å². The molecule has 0 heterocycles. The highest BCUT2D eigenvalue weighted by atomic mass is 32.2. The molecule has 0 unspecified atom stereocenters. The minimum absolute atomic E-state index is 0.0155. The van der Waals surface area contributed by atoms with Crippen molar-refractivity contribution in [3.05, 3.63) is 59.4 Å². The summed E-state index contributed by atoms with van der Waals surface area (Å²) < 4.78 is 40.6. The van der Waals surface area contributed by atoms with Gasteiger partial charge in [-0.25, -0.2) is 17.6 Å². The number of ketones is 1. The van der Waals surface area contributed by atoms with Crippen LogP contribution in [-0.2, 0) is 10.0 Å². The Balaban J connectivity index is 2.44. The van der Waals surface area contributed by atoms with Crippen LogP contribution >= 0.6 is 0 Å². The van der Waals surface area contributed by atoms with Crippen molar-refractivity contribution >= 4 is 27.5 Å². The zero-order chi connectivity index (χ0) is 17.2. The van der Waals surface area contributed by atoms with Crippen LogP contribution in [0.1, 0.15) is 27.6 Å². The van der Waals surface area contributed by atoms with Gasteiger partial charge < -0.3 is 5.11 Å². The van der Waals surface area contributed by atoms with E-state index in [0.717, 1.165) is 12.1 Å². The Morgan fingerprint density at radius 1 is 1.13 bits per heavy atom. The third-order valence-electron chi connectivity index (χ3n) is 3.02. The Morgan fingerprint density at radius 2 is 1.78 bits per heavy atom. The number of carboxylic acid groups (broad SMARTS) is 1. The number of para-hydroxylation sites is 1. The number of rotatable bonds is 5. The molecule has 0 radical (unpaired) electrons. The van der Waals surface area contributed by atoms with Gasteiger partial charge in [0, 0.05) is 5.56 Å². The van der Waals surface area contributed by atoms with Gasteiger partial charge in [-0.05, 0) is 37.3 Å². The molecule has 0 spiro atoms. The van der Waals surface area contributed by atoms with Crippen molar-refractivity contribution in [3.63, 3.8) is 0 Å². The Labute approximate surface area is 131 Å². The van der Waals surface area contributed by atoms with Crippen LogP contribution in [0.2, 0.25) is 0 Å². The first-order valence-electron chi connectivity index (χ1n) is 6.38. The predicted molar refractivity (Wildman–Crippen MR) is 80.6 cm³/mol. The number of carbonyl (C=O) groups is 2. The van der Waals surface area contributed by atoms with Gasteiger partial charge in [0.05, 0.1) is 11.3 Å². The first-order chi connectivity index (χ1) is 10.7. The molecule has 0 aromatic heterocycles. The van der Waals surface area contributed by atoms with Crippen LogP contribution in [-0.4, -0.2) is 25.3 Å². The second-order valence-corrected chi connectivity index (χ2v) is 6.31. The molecule has 23 heavy (non-hydrogen) atoms. The largest absolute Gasteiger partial charge is 0.478 e. The second kappa shape index (κ2) is 6.17. The van der Waals surface area contributed by atoms with E-state index < -0.39 is 26.7 Å². The number of halogens is 1. The summed E-state index contributed by atoms with van der Waals surface area (Å²) in [4.78, 5) is 21.5. The van der Waals surface area contributed by atoms with Crippen LogP contribution in [0, 0.1) is 5.82 Å². The molecule has 0 aliphatic rings. The van der Waals surface area contributed by atoms with Gasteiger partial charge >= 0.3 is 5.97 Å². The highest BCUT2D eigenvalue weighted by Gasteiger charge is 2.22. The standard InChI is InChI=1S/C15H12FNO5S/c1-9(18)11-4-2-3-5-13(11)17-23(21,22)14-7-6-10(15(19)20)8-12(14)16/h2-8,17H,1H3,(H,19,20). The fraction of sp³-hybridized carbons (Fsp3) is 0.0667. The normalized spacial score (nSPS) is 11.0. The second-order valence-electron chi connectivity index (χ2n) is 4.66. The smallest absolute Gasteiger partial charge is 0.335 e. The summed E-state index contributed by atoms with van der Waals surface area (Å²) in [6.45, 7) is 1.27. The molecule has 2 rings (SSSR count). The van der Waals surface area contributed by atoms with E-state index in [4.69, 9.17) is 5.11 Å². The average molecular weight is 337 g/mol. The zero-order valence-corrected chi connectivity index (χ0v) is 12.7. The van der Waals surface area contributed by atoms with Gasteiger partial charge in [0.25, 0.3) is 10.0 Å². The van der Waals surface area contributed by atoms with Crippen LogP contribution in [0.4, 0.5) is 10.1 Å². The van der Waals surface area contributed by atoms with Crippen LogP contribution in [0.5, 0.6) is 0 Å². The number of Topliss-reactive ketones (excluding diaryl/α,β-unsaturated/α-hetero) is 1. The zero-order valence-electron chi connectivity index (χ0n) is 11.9. The van der Waals surface area contributed by atoms with E-state index in [-0.39, 0.29) is 22.6 Å². The van der Waals surface area contributed by atoms with Crippen molar-refractivity contribution in [2.75, 3.05) is 4.72 Å². The van der Waals surface area contributed by atoms with Crippen LogP contribution in [0.25, 0.3) is 0 Å². The number of carbonyl (C=O) groups excluding carboxylic acids is 1. The Hall–Kier alpha value is -2.74. The van der Waals surface area contributed by atoms with E-state index >= 15 is 0 Å². The summed E-state index contributed by atoms with van der Waals surface area (Å²) in [6, 6.07) is 8.36. The summed E-state index contributed by atoms with van der Waals surface area (Å²) in [6.07, 6.45) is 0. The highest BCUT2D eigenvalue weighted by molar-refractivity contribution is 7.92. The van der Waals surface area contributed by atoms with E-state index in [1.165, 1.54) is 25.1 Å². The lowest BCUT2D eigenvalue weighted by atomic mass is 10.1. The number of hydrogen-bond donors (Lipinski definition) is 2. The molecule has 6 nitrogen and oxygen atoms in total. The summed E-state index contributed by atoms with van der Waals surface area (Å²) >= 11 is 0. The predicted octanol–water partition coefficient (Wildman–Crippen LogP) is 2.53. The third kappa shape index (κ3) is 3.54. The number of benzene rings is 2. The molecule has 0 atom stereocenters. The number of anilines is 1. The first kappa shape index (κ1) is 16.6. The number of hydrogen-bond acceptors (Lipinski definition) is 4. The van der Waals surface area contributed by atoms with Gasteiger partial charge in [0.15, 0.2) is 5.78 Å². The molecule has 0 bridgehead atoms. The van der Waals surface area contributed by atoms with Crippen molar-refractivity contribution in [1.29, 1.82) is 0 Å². The topological polar surface area (TPSA) is 101 Å². The molecule has 0 aliphatic carbocycles. The Kier molecular flexibility index (Phi) is 4.46. The molecule has 2 N–H and O–H groups in total. The summed E-state index contributed by atoms with van der Waals surface area (Å²) in [7, 11) is -4.31. The number of carboxylic acids is 1. The summed E-state index contributed by atoms with van der Waals surface area (Å²) in [5, 5.41) is 8.77. The first-order valence-corrected chi connectivity index (χ1v) is 7.86. The lowest BCUT2D eigenvalue weighted by molar-refractivity contribution is 0.0696. The van der Waals surface area contributed by atoms with Crippen molar-refractivity contribution in [3.8, 4) is 0 Å². The summed E-state index contributed by atoms with van der Waals surface area (Å²) in [5.41, 5.74) is -0.217. The van der Waals surface area contributed by atoms with Gasteiger partial charge in [-0.1, -0.05) is 12.1 Å². The lowest BCUT2D eigenvalue weighted by Crippen LogP contribution is -2.17. The van der Waals surface area contributed by atoms with Crippen LogP contribution in [0.15, 0.2) is 47.4 Å². The Bertz CT molecular complexity index is 892. The fourth-order valence-electron chi connectivity index (χ4n) is 1.93. The maximum absolute atomic E-state index is 13.9. The van der Waals surface area contributed by atoms with Crippen molar-refractivity contribution in [2.24, 2.45) is 0 Å². The van der Waals surface area contributed by atoms with Gasteiger partial charge in [-0.3, -0.25) is 9.52 Å².